The Kier molecular flexibility index (Phi) is 4.76. The summed E-state index contributed by atoms with van der Waals surface area (Å²) in [6, 6.07) is 14.0. The van der Waals surface area contributed by atoms with Crippen LogP contribution >= 0.6 is 22.7 Å². The van der Waals surface area contributed by atoms with Crippen molar-refractivity contribution >= 4 is 45.9 Å². The van der Waals surface area contributed by atoms with Crippen LogP contribution in [-0.2, 0) is 16.0 Å². The van der Waals surface area contributed by atoms with Gasteiger partial charge in [0.2, 0.25) is 11.8 Å². The molecule has 0 spiro atoms. The molecule has 5 nitrogen and oxygen atoms in total. The zero-order chi connectivity index (χ0) is 20.9. The predicted molar refractivity (Wildman–Crippen MR) is 122 cm³/mol. The summed E-state index contributed by atoms with van der Waals surface area (Å²) >= 11 is 3.52. The van der Waals surface area contributed by atoms with Crippen LogP contribution in [0.3, 0.4) is 0 Å². The zero-order valence-electron chi connectivity index (χ0n) is 16.9. The Balaban J connectivity index is 1.49. The maximum Gasteiger partial charge on any atom is 0.250 e. The van der Waals surface area contributed by atoms with Gasteiger partial charge in [0.1, 0.15) is 5.54 Å². The number of anilines is 2. The number of amides is 2. The summed E-state index contributed by atoms with van der Waals surface area (Å²) in [6.45, 7) is 4.70. The van der Waals surface area contributed by atoms with E-state index < -0.39 is 5.54 Å². The van der Waals surface area contributed by atoms with E-state index in [4.69, 9.17) is 0 Å². The molecule has 1 unspecified atom stereocenters. The number of hydrogen-bond donors (Lipinski definition) is 1. The van der Waals surface area contributed by atoms with Crippen molar-refractivity contribution in [3.8, 4) is 0 Å². The molecule has 0 fully saturated rings. The van der Waals surface area contributed by atoms with Gasteiger partial charge in [-0.1, -0.05) is 18.2 Å². The first-order valence-corrected chi connectivity index (χ1v) is 11.8. The Hall–Kier alpha value is -2.48. The zero-order valence-corrected chi connectivity index (χ0v) is 18.6. The van der Waals surface area contributed by atoms with Gasteiger partial charge >= 0.3 is 0 Å². The SMILES string of the molecule is CC1(C)C(=O)Nc2ccccc2N1C(=O)CN1CCc2sccc2C1c1cccs1. The molecule has 5 rings (SSSR count). The fraction of sp³-hybridized carbons (Fsp3) is 0.304. The average molecular weight is 438 g/mol. The van der Waals surface area contributed by atoms with Gasteiger partial charge in [-0.25, -0.2) is 0 Å². The molecule has 0 radical (unpaired) electrons. The number of rotatable bonds is 3. The average Bonchev–Trinajstić information content (AvgIpc) is 3.40. The van der Waals surface area contributed by atoms with E-state index in [-0.39, 0.29) is 24.4 Å². The van der Waals surface area contributed by atoms with Crippen LogP contribution in [0.4, 0.5) is 11.4 Å². The van der Waals surface area contributed by atoms with Gasteiger partial charge in [0.15, 0.2) is 0 Å². The van der Waals surface area contributed by atoms with Gasteiger partial charge in [0.25, 0.3) is 0 Å². The number of nitrogens with one attached hydrogen (secondary N) is 1. The third-order valence-corrected chi connectivity index (χ3v) is 7.90. The largest absolute Gasteiger partial charge is 0.322 e. The van der Waals surface area contributed by atoms with Crippen LogP contribution in [0, 0.1) is 0 Å². The number of thiophene rings is 2. The van der Waals surface area contributed by atoms with Crippen molar-refractivity contribution in [3.63, 3.8) is 0 Å². The summed E-state index contributed by atoms with van der Waals surface area (Å²) in [6.07, 6.45) is 0.947. The molecule has 2 aliphatic heterocycles. The fourth-order valence-electron chi connectivity index (χ4n) is 4.46. The van der Waals surface area contributed by atoms with Crippen molar-refractivity contribution in [2.75, 3.05) is 23.3 Å². The van der Waals surface area contributed by atoms with Crippen LogP contribution in [-0.4, -0.2) is 35.3 Å². The minimum atomic E-state index is -0.951. The van der Waals surface area contributed by atoms with Crippen LogP contribution < -0.4 is 10.2 Å². The third-order valence-electron chi connectivity index (χ3n) is 5.97. The summed E-state index contributed by atoms with van der Waals surface area (Å²) in [7, 11) is 0. The standard InChI is InChI=1S/C23H23N3O2S2/c1-23(2)22(28)24-16-6-3-4-7-17(16)26(23)20(27)14-25-11-9-18-15(10-13-30-18)21(25)19-8-5-12-29-19/h3-8,10,12-13,21H,9,11,14H2,1-2H3,(H,24,28). The number of carbonyl (C=O) groups is 2. The Bertz CT molecular complexity index is 1100. The number of benzene rings is 1. The first-order chi connectivity index (χ1) is 14.5. The number of nitrogens with zero attached hydrogens (tertiary/aromatic N) is 2. The lowest BCUT2D eigenvalue weighted by Crippen LogP contribution is -2.60. The normalized spacial score (nSPS) is 20.4. The summed E-state index contributed by atoms with van der Waals surface area (Å²) in [5.74, 6) is -0.217. The molecule has 1 atom stereocenters. The van der Waals surface area contributed by atoms with Gasteiger partial charge in [0, 0.05) is 16.3 Å². The number of fused-ring (bicyclic) bond motifs is 2. The molecule has 2 aromatic heterocycles. The van der Waals surface area contributed by atoms with E-state index in [1.165, 1.54) is 15.3 Å². The minimum Gasteiger partial charge on any atom is -0.322 e. The number of carbonyl (C=O) groups excluding carboxylic acids is 2. The molecule has 0 saturated heterocycles. The lowest BCUT2D eigenvalue weighted by Gasteiger charge is -2.43. The van der Waals surface area contributed by atoms with Crippen molar-refractivity contribution in [2.45, 2.75) is 31.8 Å². The third kappa shape index (κ3) is 3.09. The van der Waals surface area contributed by atoms with E-state index in [0.29, 0.717) is 5.69 Å². The Labute approximate surface area is 183 Å². The Morgan fingerprint density at radius 3 is 2.77 bits per heavy atom. The number of para-hydroxylation sites is 2. The van der Waals surface area contributed by atoms with E-state index in [0.717, 1.165) is 18.7 Å². The van der Waals surface area contributed by atoms with Gasteiger partial charge in [-0.15, -0.1) is 22.7 Å². The highest BCUT2D eigenvalue weighted by Gasteiger charge is 2.44. The van der Waals surface area contributed by atoms with Crippen molar-refractivity contribution in [3.05, 3.63) is 68.5 Å². The second kappa shape index (κ2) is 7.34. The molecule has 0 bridgehead atoms. The van der Waals surface area contributed by atoms with Crippen molar-refractivity contribution in [1.29, 1.82) is 0 Å². The molecule has 7 heteroatoms. The molecule has 0 aliphatic carbocycles. The second-order valence-electron chi connectivity index (χ2n) is 8.20. The van der Waals surface area contributed by atoms with Crippen LogP contribution in [0.1, 0.15) is 35.2 Å². The van der Waals surface area contributed by atoms with Crippen molar-refractivity contribution in [2.24, 2.45) is 0 Å². The highest BCUT2D eigenvalue weighted by Crippen LogP contribution is 2.41. The molecule has 154 valence electrons. The molecule has 2 amide bonds. The van der Waals surface area contributed by atoms with Gasteiger partial charge in [0.05, 0.1) is 24.0 Å². The second-order valence-corrected chi connectivity index (χ2v) is 10.2. The first-order valence-electron chi connectivity index (χ1n) is 10.0. The minimum absolute atomic E-state index is 0.0532. The number of hydrogen-bond acceptors (Lipinski definition) is 5. The summed E-state index contributed by atoms with van der Waals surface area (Å²) in [4.78, 5) is 33.0. The van der Waals surface area contributed by atoms with Crippen LogP contribution in [0.2, 0.25) is 0 Å². The van der Waals surface area contributed by atoms with Crippen LogP contribution in [0.15, 0.2) is 53.2 Å². The smallest absolute Gasteiger partial charge is 0.250 e. The summed E-state index contributed by atoms with van der Waals surface area (Å²) in [5.41, 5.74) is 1.79. The molecular weight excluding hydrogens is 414 g/mol. The fourth-order valence-corrected chi connectivity index (χ4v) is 6.24. The van der Waals surface area contributed by atoms with Crippen molar-refractivity contribution in [1.82, 2.24) is 4.90 Å². The van der Waals surface area contributed by atoms with E-state index >= 15 is 0 Å². The molecule has 2 aliphatic rings. The summed E-state index contributed by atoms with van der Waals surface area (Å²) < 4.78 is 0. The Morgan fingerprint density at radius 2 is 1.97 bits per heavy atom. The molecular formula is C23H23N3O2S2. The van der Waals surface area contributed by atoms with Gasteiger partial charge in [-0.2, -0.15) is 0 Å². The quantitative estimate of drug-likeness (QED) is 0.655. The van der Waals surface area contributed by atoms with Gasteiger partial charge in [-0.05, 0) is 60.9 Å². The predicted octanol–water partition coefficient (Wildman–Crippen LogP) is 4.52. The van der Waals surface area contributed by atoms with Crippen molar-refractivity contribution < 1.29 is 9.59 Å². The molecule has 4 heterocycles. The molecule has 30 heavy (non-hydrogen) atoms. The maximum absolute atomic E-state index is 13.7. The monoisotopic (exact) mass is 437 g/mol. The van der Waals surface area contributed by atoms with E-state index in [2.05, 4.69) is 39.2 Å². The van der Waals surface area contributed by atoms with Gasteiger partial charge < -0.3 is 5.32 Å². The lowest BCUT2D eigenvalue weighted by atomic mass is 9.95. The topological polar surface area (TPSA) is 52.7 Å². The van der Waals surface area contributed by atoms with E-state index in [1.807, 2.05) is 24.3 Å². The van der Waals surface area contributed by atoms with E-state index in [1.54, 1.807) is 41.4 Å². The Morgan fingerprint density at radius 1 is 1.13 bits per heavy atom. The molecule has 1 aromatic carbocycles. The summed E-state index contributed by atoms with van der Waals surface area (Å²) in [5, 5.41) is 7.17. The lowest BCUT2D eigenvalue weighted by molar-refractivity contribution is -0.127. The van der Waals surface area contributed by atoms with Crippen LogP contribution in [0.25, 0.3) is 0 Å². The van der Waals surface area contributed by atoms with E-state index in [9.17, 15) is 9.59 Å². The van der Waals surface area contributed by atoms with Gasteiger partial charge in [-0.3, -0.25) is 19.4 Å². The maximum atomic E-state index is 13.7. The molecule has 1 N–H and O–H groups in total. The first kappa shape index (κ1) is 19.5. The molecule has 0 saturated carbocycles. The molecule has 3 aromatic rings. The highest BCUT2D eigenvalue weighted by atomic mass is 32.1. The van der Waals surface area contributed by atoms with Crippen LogP contribution in [0.5, 0.6) is 0 Å². The highest BCUT2D eigenvalue weighted by molar-refractivity contribution is 7.10.